The molecule has 0 aliphatic carbocycles. The van der Waals surface area contributed by atoms with Crippen molar-refractivity contribution in [3.63, 3.8) is 0 Å². The van der Waals surface area contributed by atoms with Crippen LogP contribution in [0.1, 0.15) is 27.2 Å². The molecule has 2 unspecified atom stereocenters. The van der Waals surface area contributed by atoms with Gasteiger partial charge in [0.05, 0.1) is 13.7 Å². The number of rotatable bonds is 5. The summed E-state index contributed by atoms with van der Waals surface area (Å²) in [6.45, 7) is 7.78. The molecule has 0 radical (unpaired) electrons. The van der Waals surface area contributed by atoms with E-state index in [-0.39, 0.29) is 24.0 Å². The summed E-state index contributed by atoms with van der Waals surface area (Å²) in [6, 6.07) is 0.0644. The Labute approximate surface area is 97.7 Å². The highest BCUT2D eigenvalue weighted by Gasteiger charge is 2.29. The minimum absolute atomic E-state index is 0.180. The van der Waals surface area contributed by atoms with E-state index in [0.717, 1.165) is 19.6 Å². The maximum absolute atomic E-state index is 11.6. The molecule has 4 nitrogen and oxygen atoms in total. The van der Waals surface area contributed by atoms with Gasteiger partial charge in [-0.15, -0.1) is 0 Å². The van der Waals surface area contributed by atoms with Crippen molar-refractivity contribution >= 4 is 5.97 Å². The molecule has 0 aromatic rings. The fourth-order valence-electron chi connectivity index (χ4n) is 2.03. The van der Waals surface area contributed by atoms with Gasteiger partial charge in [0.25, 0.3) is 0 Å². The summed E-state index contributed by atoms with van der Waals surface area (Å²) in [5, 5.41) is 3.35. The van der Waals surface area contributed by atoms with E-state index < -0.39 is 0 Å². The van der Waals surface area contributed by atoms with Gasteiger partial charge in [-0.3, -0.25) is 4.79 Å². The highest BCUT2D eigenvalue weighted by atomic mass is 16.5. The van der Waals surface area contributed by atoms with Gasteiger partial charge in [-0.25, -0.2) is 0 Å². The maximum Gasteiger partial charge on any atom is 0.323 e. The largest absolute Gasteiger partial charge is 0.468 e. The van der Waals surface area contributed by atoms with Crippen LogP contribution in [0.4, 0.5) is 0 Å². The second kappa shape index (κ2) is 6.21. The Morgan fingerprint density at radius 3 is 2.56 bits per heavy atom. The first-order valence-corrected chi connectivity index (χ1v) is 5.98. The first kappa shape index (κ1) is 13.5. The van der Waals surface area contributed by atoms with E-state index in [9.17, 15) is 4.79 Å². The van der Waals surface area contributed by atoms with Crippen LogP contribution < -0.4 is 5.32 Å². The zero-order chi connectivity index (χ0) is 12.1. The lowest BCUT2D eigenvalue weighted by molar-refractivity contribution is -0.144. The Balaban J connectivity index is 2.50. The van der Waals surface area contributed by atoms with Crippen molar-refractivity contribution in [3.8, 4) is 0 Å². The smallest absolute Gasteiger partial charge is 0.323 e. The third kappa shape index (κ3) is 3.46. The number of esters is 1. The molecule has 0 aromatic carbocycles. The molecule has 1 aliphatic rings. The summed E-state index contributed by atoms with van der Waals surface area (Å²) in [5.74, 6) is 0.559. The van der Waals surface area contributed by atoms with Gasteiger partial charge in [0, 0.05) is 12.6 Å². The van der Waals surface area contributed by atoms with Crippen molar-refractivity contribution in [1.82, 2.24) is 5.32 Å². The van der Waals surface area contributed by atoms with Crippen LogP contribution in [0.15, 0.2) is 0 Å². The van der Waals surface area contributed by atoms with Crippen LogP contribution >= 0.6 is 0 Å². The van der Waals surface area contributed by atoms with Crippen molar-refractivity contribution < 1.29 is 14.3 Å². The standard InChI is InChI=1S/C12H23NO3/c1-8(2)11(12(14)15-4)13-9(3)10-5-6-16-7-10/h8-11,13H,5-7H2,1-4H3/t9?,10?,11-/m0/s1. The van der Waals surface area contributed by atoms with Crippen molar-refractivity contribution in [2.75, 3.05) is 20.3 Å². The monoisotopic (exact) mass is 229 g/mol. The third-order valence-corrected chi connectivity index (χ3v) is 3.24. The number of hydrogen-bond donors (Lipinski definition) is 1. The van der Waals surface area contributed by atoms with Gasteiger partial charge in [0.1, 0.15) is 6.04 Å². The van der Waals surface area contributed by atoms with Crippen LogP contribution in [-0.2, 0) is 14.3 Å². The molecule has 4 heteroatoms. The number of nitrogens with one attached hydrogen (secondary N) is 1. The van der Waals surface area contributed by atoms with Gasteiger partial charge >= 0.3 is 5.97 Å². The van der Waals surface area contributed by atoms with Gasteiger partial charge in [-0.05, 0) is 25.2 Å². The molecule has 0 saturated carbocycles. The fourth-order valence-corrected chi connectivity index (χ4v) is 2.03. The lowest BCUT2D eigenvalue weighted by Gasteiger charge is -2.27. The third-order valence-electron chi connectivity index (χ3n) is 3.24. The van der Waals surface area contributed by atoms with E-state index in [1.165, 1.54) is 7.11 Å². The molecule has 0 amide bonds. The molecular formula is C12H23NO3. The van der Waals surface area contributed by atoms with Gasteiger partial charge in [-0.2, -0.15) is 0 Å². The number of methoxy groups -OCH3 is 1. The van der Waals surface area contributed by atoms with Crippen LogP contribution in [0.3, 0.4) is 0 Å². The predicted octanol–water partition coefficient (Wildman–Crippen LogP) is 1.20. The summed E-state index contributed by atoms with van der Waals surface area (Å²) < 4.78 is 10.2. The number of ether oxygens (including phenoxy) is 2. The first-order chi connectivity index (χ1) is 7.56. The summed E-state index contributed by atoms with van der Waals surface area (Å²) in [6.07, 6.45) is 1.07. The quantitative estimate of drug-likeness (QED) is 0.720. The molecule has 1 heterocycles. The molecular weight excluding hydrogens is 206 g/mol. The highest BCUT2D eigenvalue weighted by Crippen LogP contribution is 2.18. The number of hydrogen-bond acceptors (Lipinski definition) is 4. The van der Waals surface area contributed by atoms with Gasteiger partial charge in [0.15, 0.2) is 0 Å². The van der Waals surface area contributed by atoms with Crippen LogP contribution in [-0.4, -0.2) is 38.4 Å². The van der Waals surface area contributed by atoms with Crippen molar-refractivity contribution in [1.29, 1.82) is 0 Å². The van der Waals surface area contributed by atoms with Crippen molar-refractivity contribution in [2.45, 2.75) is 39.3 Å². The first-order valence-electron chi connectivity index (χ1n) is 5.98. The highest BCUT2D eigenvalue weighted by molar-refractivity contribution is 5.75. The van der Waals surface area contributed by atoms with Crippen molar-refractivity contribution in [3.05, 3.63) is 0 Å². The molecule has 1 fully saturated rings. The minimum Gasteiger partial charge on any atom is -0.468 e. The second-order valence-electron chi connectivity index (χ2n) is 4.82. The van der Waals surface area contributed by atoms with E-state index in [4.69, 9.17) is 9.47 Å². The predicted molar refractivity (Wildman–Crippen MR) is 62.2 cm³/mol. The maximum atomic E-state index is 11.6. The van der Waals surface area contributed by atoms with Crippen LogP contribution in [0.2, 0.25) is 0 Å². The van der Waals surface area contributed by atoms with Gasteiger partial charge < -0.3 is 14.8 Å². The van der Waals surface area contributed by atoms with E-state index in [0.29, 0.717) is 5.92 Å². The summed E-state index contributed by atoms with van der Waals surface area (Å²) in [4.78, 5) is 11.6. The molecule has 0 aromatic heterocycles. The average molecular weight is 229 g/mol. The van der Waals surface area contributed by atoms with Crippen LogP contribution in [0.5, 0.6) is 0 Å². The van der Waals surface area contributed by atoms with Crippen LogP contribution in [0, 0.1) is 11.8 Å². The SMILES string of the molecule is COC(=O)[C@@H](NC(C)C1CCOC1)C(C)C. The summed E-state index contributed by atoms with van der Waals surface area (Å²) >= 11 is 0. The summed E-state index contributed by atoms with van der Waals surface area (Å²) in [7, 11) is 1.43. The van der Waals surface area contributed by atoms with E-state index in [2.05, 4.69) is 12.2 Å². The molecule has 1 saturated heterocycles. The Hall–Kier alpha value is -0.610. The van der Waals surface area contributed by atoms with E-state index >= 15 is 0 Å². The molecule has 3 atom stereocenters. The lowest BCUT2D eigenvalue weighted by atomic mass is 9.97. The molecule has 0 spiro atoms. The molecule has 1 rings (SSSR count). The van der Waals surface area contributed by atoms with Crippen LogP contribution in [0.25, 0.3) is 0 Å². The Kier molecular flexibility index (Phi) is 5.22. The van der Waals surface area contributed by atoms with Gasteiger partial charge in [0.2, 0.25) is 0 Å². The molecule has 0 bridgehead atoms. The normalized spacial score (nSPS) is 24.4. The van der Waals surface area contributed by atoms with Gasteiger partial charge in [-0.1, -0.05) is 13.8 Å². The molecule has 1 N–H and O–H groups in total. The second-order valence-corrected chi connectivity index (χ2v) is 4.82. The minimum atomic E-state index is -0.222. The summed E-state index contributed by atoms with van der Waals surface area (Å²) in [5.41, 5.74) is 0. The zero-order valence-electron chi connectivity index (χ0n) is 10.7. The van der Waals surface area contributed by atoms with E-state index in [1.807, 2.05) is 13.8 Å². The Morgan fingerprint density at radius 1 is 1.44 bits per heavy atom. The average Bonchev–Trinajstić information content (AvgIpc) is 2.77. The fraction of sp³-hybridized carbons (Fsp3) is 0.917. The van der Waals surface area contributed by atoms with Crippen molar-refractivity contribution in [2.24, 2.45) is 11.8 Å². The Bertz CT molecular complexity index is 224. The van der Waals surface area contributed by atoms with E-state index in [1.54, 1.807) is 0 Å². The topological polar surface area (TPSA) is 47.6 Å². The lowest BCUT2D eigenvalue weighted by Crippen LogP contribution is -2.48. The Morgan fingerprint density at radius 2 is 2.12 bits per heavy atom. The molecule has 94 valence electrons. The number of carbonyl (C=O) groups is 1. The molecule has 16 heavy (non-hydrogen) atoms. The molecule has 1 aliphatic heterocycles. The number of carbonyl (C=O) groups excluding carboxylic acids is 1. The zero-order valence-corrected chi connectivity index (χ0v) is 10.7.